The highest BCUT2D eigenvalue weighted by atomic mass is 32.1. The molecule has 0 aliphatic rings. The smallest absolute Gasteiger partial charge is 0.185 e. The van der Waals surface area contributed by atoms with Crippen LogP contribution in [0.2, 0.25) is 0 Å². The molecule has 0 amide bonds. The topological polar surface area (TPSA) is 41.1 Å². The molecule has 6 heteroatoms. The molecule has 0 atom stereocenters. The molecule has 2 aromatic heterocycles. The van der Waals surface area contributed by atoms with Gasteiger partial charge in [0, 0.05) is 29.9 Å². The quantitative estimate of drug-likeness (QED) is 0.804. The average Bonchev–Trinajstić information content (AvgIpc) is 3.06. The van der Waals surface area contributed by atoms with Crippen LogP contribution in [-0.4, -0.2) is 23.1 Å². The maximum absolute atomic E-state index is 4.84. The van der Waals surface area contributed by atoms with Gasteiger partial charge in [0.05, 0.1) is 23.4 Å². The highest BCUT2D eigenvalue weighted by molar-refractivity contribution is 7.15. The van der Waals surface area contributed by atoms with Crippen molar-refractivity contribution in [3.05, 3.63) is 27.2 Å². The monoisotopic (exact) mass is 324 g/mol. The molecule has 21 heavy (non-hydrogen) atoms. The molecule has 0 spiro atoms. The number of aryl methyl sites for hydroxylation is 1. The summed E-state index contributed by atoms with van der Waals surface area (Å²) in [5.41, 5.74) is 4.23. The van der Waals surface area contributed by atoms with Crippen molar-refractivity contribution in [1.29, 1.82) is 0 Å². The molecule has 2 heterocycles. The second-order valence-electron chi connectivity index (χ2n) is 5.49. The largest absolute Gasteiger partial charge is 0.345 e. The third kappa shape index (κ3) is 4.76. The van der Waals surface area contributed by atoms with E-state index in [-0.39, 0.29) is 0 Å². The van der Waals surface area contributed by atoms with Gasteiger partial charge in [0.2, 0.25) is 0 Å². The highest BCUT2D eigenvalue weighted by Crippen LogP contribution is 2.27. The lowest BCUT2D eigenvalue weighted by Gasteiger charge is -2.13. The van der Waals surface area contributed by atoms with Crippen LogP contribution in [0.25, 0.3) is 0 Å². The zero-order valence-corrected chi connectivity index (χ0v) is 14.9. The third-order valence-electron chi connectivity index (χ3n) is 3.13. The maximum atomic E-state index is 4.84. The fourth-order valence-corrected chi connectivity index (χ4v) is 3.59. The summed E-state index contributed by atoms with van der Waals surface area (Å²) in [6.45, 7) is 8.29. The van der Waals surface area contributed by atoms with Crippen molar-refractivity contribution in [3.8, 4) is 0 Å². The van der Waals surface area contributed by atoms with Crippen LogP contribution in [-0.2, 0) is 19.5 Å². The van der Waals surface area contributed by atoms with Crippen LogP contribution in [0, 0.1) is 0 Å². The van der Waals surface area contributed by atoms with Gasteiger partial charge in [-0.2, -0.15) is 0 Å². The van der Waals surface area contributed by atoms with Crippen molar-refractivity contribution in [2.24, 2.45) is 0 Å². The Morgan fingerprint density at radius 1 is 1.38 bits per heavy atom. The molecule has 0 fully saturated rings. The lowest BCUT2D eigenvalue weighted by Crippen LogP contribution is -2.21. The van der Waals surface area contributed by atoms with Crippen LogP contribution in [0.1, 0.15) is 43.5 Å². The molecule has 0 aliphatic heterocycles. The minimum atomic E-state index is 0.498. The molecule has 0 radical (unpaired) electrons. The molecule has 2 aromatic rings. The number of hydrogen-bond acceptors (Lipinski definition) is 6. The van der Waals surface area contributed by atoms with Gasteiger partial charge in [-0.3, -0.25) is 0 Å². The van der Waals surface area contributed by atoms with Gasteiger partial charge in [-0.25, -0.2) is 9.97 Å². The maximum Gasteiger partial charge on any atom is 0.185 e. The van der Waals surface area contributed by atoms with E-state index in [1.54, 1.807) is 22.7 Å². The summed E-state index contributed by atoms with van der Waals surface area (Å²) in [7, 11) is 2.09. The van der Waals surface area contributed by atoms with E-state index in [2.05, 4.69) is 48.4 Å². The molecular weight excluding hydrogens is 300 g/mol. The third-order valence-corrected chi connectivity index (χ3v) is 4.98. The van der Waals surface area contributed by atoms with E-state index >= 15 is 0 Å². The van der Waals surface area contributed by atoms with Crippen LogP contribution in [0.3, 0.4) is 0 Å². The summed E-state index contributed by atoms with van der Waals surface area (Å²) in [6.07, 6.45) is 2.18. The second-order valence-corrected chi connectivity index (χ2v) is 7.27. The number of thiazole rings is 2. The van der Waals surface area contributed by atoms with E-state index in [0.29, 0.717) is 6.04 Å². The summed E-state index contributed by atoms with van der Waals surface area (Å²) < 4.78 is 0. The Labute approximate surface area is 135 Å². The van der Waals surface area contributed by atoms with Gasteiger partial charge in [-0.05, 0) is 6.42 Å². The van der Waals surface area contributed by atoms with Crippen molar-refractivity contribution < 1.29 is 0 Å². The number of nitrogens with one attached hydrogen (secondary N) is 1. The minimum absolute atomic E-state index is 0.498. The fraction of sp³-hybridized carbons (Fsp3) is 0.600. The lowest BCUT2D eigenvalue weighted by atomic mass is 10.2. The summed E-state index contributed by atoms with van der Waals surface area (Å²) in [5.74, 6) is 0. The molecule has 4 nitrogen and oxygen atoms in total. The Bertz CT molecular complexity index is 534. The molecule has 116 valence electrons. The fourth-order valence-electron chi connectivity index (χ4n) is 2.03. The predicted octanol–water partition coefficient (Wildman–Crippen LogP) is 3.69. The van der Waals surface area contributed by atoms with Crippen LogP contribution >= 0.6 is 22.7 Å². The van der Waals surface area contributed by atoms with Crippen molar-refractivity contribution in [3.63, 3.8) is 0 Å². The molecule has 2 rings (SSSR count). The first-order valence-corrected chi connectivity index (χ1v) is 9.16. The molecule has 0 bridgehead atoms. The Hall–Kier alpha value is -0.980. The van der Waals surface area contributed by atoms with E-state index < -0.39 is 0 Å². The second kappa shape index (κ2) is 7.87. The Balaban J connectivity index is 2.09. The van der Waals surface area contributed by atoms with Gasteiger partial charge < -0.3 is 10.2 Å². The molecule has 0 saturated heterocycles. The first-order chi connectivity index (χ1) is 10.1. The average molecular weight is 325 g/mol. The van der Waals surface area contributed by atoms with Crippen LogP contribution in [0.15, 0.2) is 10.9 Å². The SMILES string of the molecule is CCCc1nc(N(C)Cc2cscn2)sc1CNC(C)C. The predicted molar refractivity (Wildman–Crippen MR) is 92.3 cm³/mol. The molecule has 0 aromatic carbocycles. The number of rotatable bonds is 8. The van der Waals surface area contributed by atoms with E-state index in [1.165, 1.54) is 10.6 Å². The standard InChI is InChI=1S/C15H24N4S2/c1-5-6-13-14(7-16-11(2)3)21-15(18-13)19(4)8-12-9-20-10-17-12/h9-11,16H,5-8H2,1-4H3. The van der Waals surface area contributed by atoms with Crippen molar-refractivity contribution in [2.45, 2.75) is 52.7 Å². The highest BCUT2D eigenvalue weighted by Gasteiger charge is 2.14. The van der Waals surface area contributed by atoms with E-state index in [4.69, 9.17) is 4.98 Å². The van der Waals surface area contributed by atoms with Gasteiger partial charge in [0.1, 0.15) is 0 Å². The van der Waals surface area contributed by atoms with Gasteiger partial charge in [0.15, 0.2) is 5.13 Å². The first kappa shape index (κ1) is 16.4. The first-order valence-electron chi connectivity index (χ1n) is 7.40. The molecule has 1 N–H and O–H groups in total. The van der Waals surface area contributed by atoms with Crippen LogP contribution < -0.4 is 10.2 Å². The van der Waals surface area contributed by atoms with Crippen LogP contribution in [0.5, 0.6) is 0 Å². The van der Waals surface area contributed by atoms with Gasteiger partial charge in [-0.1, -0.05) is 27.2 Å². The molecular formula is C15H24N4S2. The molecule has 0 saturated carbocycles. The van der Waals surface area contributed by atoms with Crippen molar-refractivity contribution in [2.75, 3.05) is 11.9 Å². The van der Waals surface area contributed by atoms with Gasteiger partial charge in [-0.15, -0.1) is 22.7 Å². The number of nitrogens with zero attached hydrogens (tertiary/aromatic N) is 3. The van der Waals surface area contributed by atoms with Crippen LogP contribution in [0.4, 0.5) is 5.13 Å². The van der Waals surface area contributed by atoms with E-state index in [0.717, 1.165) is 36.8 Å². The Kier molecular flexibility index (Phi) is 6.14. The molecule has 0 aliphatic carbocycles. The van der Waals surface area contributed by atoms with Gasteiger partial charge in [0.25, 0.3) is 0 Å². The normalized spacial score (nSPS) is 11.3. The summed E-state index contributed by atoms with van der Waals surface area (Å²) in [4.78, 5) is 12.7. The van der Waals surface area contributed by atoms with Crippen molar-refractivity contribution >= 4 is 27.8 Å². The van der Waals surface area contributed by atoms with Gasteiger partial charge >= 0.3 is 0 Å². The lowest BCUT2D eigenvalue weighted by molar-refractivity contribution is 0.589. The number of anilines is 1. The summed E-state index contributed by atoms with van der Waals surface area (Å²) in [6, 6.07) is 0.498. The summed E-state index contributed by atoms with van der Waals surface area (Å²) in [5, 5.41) is 6.68. The Morgan fingerprint density at radius 2 is 2.19 bits per heavy atom. The minimum Gasteiger partial charge on any atom is -0.345 e. The zero-order chi connectivity index (χ0) is 15.2. The number of aromatic nitrogens is 2. The summed E-state index contributed by atoms with van der Waals surface area (Å²) >= 11 is 3.44. The van der Waals surface area contributed by atoms with E-state index in [1.807, 2.05) is 5.51 Å². The van der Waals surface area contributed by atoms with Crippen molar-refractivity contribution in [1.82, 2.24) is 15.3 Å². The zero-order valence-electron chi connectivity index (χ0n) is 13.2. The Morgan fingerprint density at radius 3 is 2.81 bits per heavy atom. The number of hydrogen-bond donors (Lipinski definition) is 1. The molecule has 0 unspecified atom stereocenters. The van der Waals surface area contributed by atoms with E-state index in [9.17, 15) is 0 Å².